The van der Waals surface area contributed by atoms with E-state index >= 15 is 0 Å². The molecule has 4 heteroatoms. The standard InChI is InChI=1S/C11H14N2O2/c12-10-6-7-13(10)11(14)15-8-9-4-2-1-3-5-9/h1-5,10H,6-8,12H2. The van der Waals surface area contributed by atoms with Crippen LogP contribution in [0.1, 0.15) is 12.0 Å². The maximum atomic E-state index is 11.4. The third kappa shape index (κ3) is 2.27. The number of rotatable bonds is 2. The molecular weight excluding hydrogens is 192 g/mol. The molecule has 4 nitrogen and oxygen atoms in total. The normalized spacial score (nSPS) is 19.5. The molecule has 1 fully saturated rings. The summed E-state index contributed by atoms with van der Waals surface area (Å²) in [5.74, 6) is 0. The van der Waals surface area contributed by atoms with Crippen LogP contribution < -0.4 is 5.73 Å². The average Bonchev–Trinajstić information content (AvgIpc) is 2.26. The monoisotopic (exact) mass is 206 g/mol. The number of carbonyl (C=O) groups is 1. The highest BCUT2D eigenvalue weighted by Crippen LogP contribution is 2.14. The van der Waals surface area contributed by atoms with E-state index in [1.807, 2.05) is 30.3 Å². The smallest absolute Gasteiger partial charge is 0.411 e. The van der Waals surface area contributed by atoms with Crippen molar-refractivity contribution < 1.29 is 9.53 Å². The molecule has 1 amide bonds. The van der Waals surface area contributed by atoms with Crippen molar-refractivity contribution in [2.45, 2.75) is 19.2 Å². The second kappa shape index (κ2) is 4.31. The van der Waals surface area contributed by atoms with Gasteiger partial charge in [0.2, 0.25) is 0 Å². The molecule has 0 saturated carbocycles. The van der Waals surface area contributed by atoms with Gasteiger partial charge in [0.25, 0.3) is 0 Å². The van der Waals surface area contributed by atoms with Gasteiger partial charge in [-0.25, -0.2) is 4.79 Å². The summed E-state index contributed by atoms with van der Waals surface area (Å²) in [4.78, 5) is 13.0. The molecular formula is C11H14N2O2. The second-order valence-electron chi connectivity index (χ2n) is 3.59. The van der Waals surface area contributed by atoms with E-state index in [2.05, 4.69) is 0 Å². The molecule has 0 spiro atoms. The van der Waals surface area contributed by atoms with Crippen molar-refractivity contribution in [2.75, 3.05) is 6.54 Å². The lowest BCUT2D eigenvalue weighted by molar-refractivity contribution is 0.0459. The largest absolute Gasteiger partial charge is 0.445 e. The highest BCUT2D eigenvalue weighted by molar-refractivity contribution is 5.68. The third-order valence-corrected chi connectivity index (χ3v) is 2.51. The van der Waals surface area contributed by atoms with Crippen LogP contribution in [0.2, 0.25) is 0 Å². The quantitative estimate of drug-likeness (QED) is 0.793. The minimum Gasteiger partial charge on any atom is -0.445 e. The maximum absolute atomic E-state index is 11.4. The summed E-state index contributed by atoms with van der Waals surface area (Å²) in [5.41, 5.74) is 6.60. The number of hydrogen-bond donors (Lipinski definition) is 1. The zero-order valence-corrected chi connectivity index (χ0v) is 8.43. The Morgan fingerprint density at radius 1 is 1.47 bits per heavy atom. The molecule has 0 bridgehead atoms. The van der Waals surface area contributed by atoms with Crippen LogP contribution in [0.5, 0.6) is 0 Å². The van der Waals surface area contributed by atoms with Gasteiger partial charge in [-0.05, 0) is 12.0 Å². The van der Waals surface area contributed by atoms with E-state index in [9.17, 15) is 4.79 Å². The van der Waals surface area contributed by atoms with Crippen LogP contribution in [-0.4, -0.2) is 23.7 Å². The van der Waals surface area contributed by atoms with Gasteiger partial charge in [0.15, 0.2) is 0 Å². The van der Waals surface area contributed by atoms with E-state index in [1.54, 1.807) is 0 Å². The second-order valence-corrected chi connectivity index (χ2v) is 3.59. The van der Waals surface area contributed by atoms with Crippen molar-refractivity contribution in [3.63, 3.8) is 0 Å². The minimum absolute atomic E-state index is 0.159. The first kappa shape index (κ1) is 9.98. The Kier molecular flexibility index (Phi) is 2.87. The van der Waals surface area contributed by atoms with E-state index in [0.717, 1.165) is 12.0 Å². The van der Waals surface area contributed by atoms with Crippen LogP contribution in [0.15, 0.2) is 30.3 Å². The van der Waals surface area contributed by atoms with Crippen molar-refractivity contribution in [3.05, 3.63) is 35.9 Å². The van der Waals surface area contributed by atoms with Crippen molar-refractivity contribution >= 4 is 6.09 Å². The van der Waals surface area contributed by atoms with Crippen molar-refractivity contribution in [1.82, 2.24) is 4.90 Å². The fourth-order valence-electron chi connectivity index (χ4n) is 1.44. The fraction of sp³-hybridized carbons (Fsp3) is 0.364. The van der Waals surface area contributed by atoms with E-state index in [1.165, 1.54) is 4.90 Å². The molecule has 2 rings (SSSR count). The van der Waals surface area contributed by atoms with Gasteiger partial charge >= 0.3 is 6.09 Å². The van der Waals surface area contributed by atoms with E-state index in [4.69, 9.17) is 10.5 Å². The Bertz CT molecular complexity index is 340. The lowest BCUT2D eigenvalue weighted by Gasteiger charge is -2.36. The fourth-order valence-corrected chi connectivity index (χ4v) is 1.44. The Hall–Kier alpha value is -1.55. The molecule has 0 radical (unpaired) electrons. The van der Waals surface area contributed by atoms with Crippen LogP contribution in [-0.2, 0) is 11.3 Å². The van der Waals surface area contributed by atoms with Gasteiger partial charge < -0.3 is 10.5 Å². The number of nitrogens with two attached hydrogens (primary N) is 1. The predicted octanol–water partition coefficient (Wildman–Crippen LogP) is 1.31. The van der Waals surface area contributed by atoms with E-state index < -0.39 is 0 Å². The molecule has 0 aliphatic carbocycles. The Balaban J connectivity index is 1.81. The summed E-state index contributed by atoms with van der Waals surface area (Å²) < 4.78 is 5.11. The molecule has 1 atom stereocenters. The summed E-state index contributed by atoms with van der Waals surface area (Å²) in [7, 11) is 0. The predicted molar refractivity (Wildman–Crippen MR) is 55.9 cm³/mol. The number of carbonyl (C=O) groups excluding carboxylic acids is 1. The molecule has 2 N–H and O–H groups in total. The molecule has 80 valence electrons. The Morgan fingerprint density at radius 2 is 2.20 bits per heavy atom. The summed E-state index contributed by atoms with van der Waals surface area (Å²) in [6.07, 6.45) is 0.381. The number of hydrogen-bond acceptors (Lipinski definition) is 3. The van der Waals surface area contributed by atoms with Crippen LogP contribution in [0.25, 0.3) is 0 Å². The maximum Gasteiger partial charge on any atom is 0.411 e. The number of nitrogens with zero attached hydrogens (tertiary/aromatic N) is 1. The summed E-state index contributed by atoms with van der Waals surface area (Å²) >= 11 is 0. The molecule has 1 unspecified atom stereocenters. The molecule has 1 aliphatic heterocycles. The van der Waals surface area contributed by atoms with Gasteiger partial charge in [-0.2, -0.15) is 0 Å². The number of ether oxygens (including phenoxy) is 1. The molecule has 1 aliphatic rings. The molecule has 0 aromatic heterocycles. The third-order valence-electron chi connectivity index (χ3n) is 2.51. The zero-order valence-electron chi connectivity index (χ0n) is 8.43. The first-order valence-corrected chi connectivity index (χ1v) is 5.00. The average molecular weight is 206 g/mol. The lowest BCUT2D eigenvalue weighted by atomic mass is 10.2. The molecule has 1 aromatic rings. The van der Waals surface area contributed by atoms with Gasteiger partial charge in [0, 0.05) is 6.54 Å². The molecule has 1 aromatic carbocycles. The highest BCUT2D eigenvalue weighted by atomic mass is 16.6. The Morgan fingerprint density at radius 3 is 2.73 bits per heavy atom. The van der Waals surface area contributed by atoms with Crippen molar-refractivity contribution in [2.24, 2.45) is 5.73 Å². The van der Waals surface area contributed by atoms with Gasteiger partial charge in [-0.3, -0.25) is 4.90 Å². The zero-order chi connectivity index (χ0) is 10.7. The number of likely N-dealkylation sites (tertiary alicyclic amines) is 1. The highest BCUT2D eigenvalue weighted by Gasteiger charge is 2.29. The van der Waals surface area contributed by atoms with Crippen LogP contribution in [0.3, 0.4) is 0 Å². The van der Waals surface area contributed by atoms with Crippen molar-refractivity contribution in [3.8, 4) is 0 Å². The SMILES string of the molecule is NC1CCN1C(=O)OCc1ccccc1. The van der Waals surface area contributed by atoms with Gasteiger partial charge in [0.1, 0.15) is 6.61 Å². The molecule has 15 heavy (non-hydrogen) atoms. The van der Waals surface area contributed by atoms with Crippen LogP contribution in [0.4, 0.5) is 4.79 Å². The topological polar surface area (TPSA) is 55.6 Å². The first-order chi connectivity index (χ1) is 7.27. The van der Waals surface area contributed by atoms with Crippen LogP contribution >= 0.6 is 0 Å². The molecule has 1 saturated heterocycles. The van der Waals surface area contributed by atoms with E-state index in [0.29, 0.717) is 13.2 Å². The van der Waals surface area contributed by atoms with Crippen molar-refractivity contribution in [1.29, 1.82) is 0 Å². The summed E-state index contributed by atoms with van der Waals surface area (Å²) in [6.45, 7) is 1.01. The lowest BCUT2D eigenvalue weighted by Crippen LogP contribution is -2.56. The van der Waals surface area contributed by atoms with Gasteiger partial charge in [-0.1, -0.05) is 30.3 Å². The Labute approximate surface area is 88.6 Å². The minimum atomic E-state index is -0.322. The number of amides is 1. The summed E-state index contributed by atoms with van der Waals surface area (Å²) in [6, 6.07) is 9.60. The van der Waals surface area contributed by atoms with Crippen LogP contribution in [0, 0.1) is 0 Å². The molecule has 1 heterocycles. The van der Waals surface area contributed by atoms with Gasteiger partial charge in [0.05, 0.1) is 6.17 Å². The first-order valence-electron chi connectivity index (χ1n) is 5.00. The van der Waals surface area contributed by atoms with Gasteiger partial charge in [-0.15, -0.1) is 0 Å². The summed E-state index contributed by atoms with van der Waals surface area (Å²) in [5, 5.41) is 0. The van der Waals surface area contributed by atoms with E-state index in [-0.39, 0.29) is 12.3 Å². The number of benzene rings is 1.